The van der Waals surface area contributed by atoms with Gasteiger partial charge in [-0.05, 0) is 47.9 Å². The van der Waals surface area contributed by atoms with Crippen molar-refractivity contribution in [3.63, 3.8) is 0 Å². The van der Waals surface area contributed by atoms with Crippen LogP contribution in [0.3, 0.4) is 0 Å². The molecule has 2 aliphatic heterocycles. The van der Waals surface area contributed by atoms with Crippen molar-refractivity contribution in [3.05, 3.63) is 58.8 Å². The van der Waals surface area contributed by atoms with E-state index in [4.69, 9.17) is 0 Å². The Morgan fingerprint density at radius 1 is 1.11 bits per heavy atom. The molecule has 0 radical (unpaired) electrons. The number of hydrogen-bond donors (Lipinski definition) is 1. The maximum Gasteiger partial charge on any atom is 0.243 e. The number of nitrogens with one attached hydrogen (secondary N) is 1. The van der Waals surface area contributed by atoms with Gasteiger partial charge in [0.05, 0.1) is 11.3 Å². The van der Waals surface area contributed by atoms with Crippen LogP contribution in [0.4, 0.5) is 5.69 Å². The second-order valence-corrected chi connectivity index (χ2v) is 9.58. The zero-order chi connectivity index (χ0) is 19.6. The van der Waals surface area contributed by atoms with Crippen molar-refractivity contribution >= 4 is 32.5 Å². The molecular formula is C21H21N3O3S. The van der Waals surface area contributed by atoms with Crippen molar-refractivity contribution in [1.29, 1.82) is 0 Å². The highest BCUT2D eigenvalue weighted by atomic mass is 32.2. The lowest BCUT2D eigenvalue weighted by atomic mass is 10.1. The predicted octanol–water partition coefficient (Wildman–Crippen LogP) is 2.74. The fraction of sp³-hybridized carbons (Fsp3) is 0.286. The van der Waals surface area contributed by atoms with Crippen LogP contribution < -0.4 is 4.90 Å². The van der Waals surface area contributed by atoms with E-state index in [1.54, 1.807) is 34.5 Å². The van der Waals surface area contributed by atoms with Gasteiger partial charge >= 0.3 is 0 Å². The largest absolute Gasteiger partial charge is 0.358 e. The van der Waals surface area contributed by atoms with Crippen molar-refractivity contribution < 1.29 is 13.2 Å². The number of aryl methyl sites for hydroxylation is 1. The summed E-state index contributed by atoms with van der Waals surface area (Å²) >= 11 is 0. The van der Waals surface area contributed by atoms with Crippen molar-refractivity contribution in [2.45, 2.75) is 31.2 Å². The summed E-state index contributed by atoms with van der Waals surface area (Å²) in [5, 5.41) is 1.08. The van der Waals surface area contributed by atoms with Crippen LogP contribution in [0.2, 0.25) is 0 Å². The van der Waals surface area contributed by atoms with Crippen molar-refractivity contribution in [2.75, 3.05) is 18.5 Å². The fourth-order valence-corrected chi connectivity index (χ4v) is 5.73. The monoisotopic (exact) mass is 395 g/mol. The minimum atomic E-state index is -3.63. The highest BCUT2D eigenvalue weighted by Crippen LogP contribution is 2.34. The van der Waals surface area contributed by atoms with Crippen LogP contribution in [-0.4, -0.2) is 37.2 Å². The summed E-state index contributed by atoms with van der Waals surface area (Å²) in [5.41, 5.74) is 5.97. The molecule has 1 aromatic heterocycles. The van der Waals surface area contributed by atoms with Crippen LogP contribution in [0, 0.1) is 6.92 Å². The first-order valence-electron chi connectivity index (χ1n) is 9.34. The predicted molar refractivity (Wildman–Crippen MR) is 108 cm³/mol. The Kier molecular flexibility index (Phi) is 3.70. The van der Waals surface area contributed by atoms with Crippen LogP contribution in [0.25, 0.3) is 10.9 Å². The van der Waals surface area contributed by atoms with Gasteiger partial charge in [-0.15, -0.1) is 0 Å². The molecule has 1 N–H and O–H groups in total. The van der Waals surface area contributed by atoms with Gasteiger partial charge < -0.3 is 9.88 Å². The van der Waals surface area contributed by atoms with Crippen molar-refractivity contribution in [2.24, 2.45) is 0 Å². The molecule has 0 fully saturated rings. The van der Waals surface area contributed by atoms with Crippen LogP contribution in [0.15, 0.2) is 41.3 Å². The lowest BCUT2D eigenvalue weighted by Gasteiger charge is -2.26. The van der Waals surface area contributed by atoms with Crippen LogP contribution in [-0.2, 0) is 34.2 Å². The van der Waals surface area contributed by atoms with Crippen molar-refractivity contribution in [1.82, 2.24) is 9.29 Å². The highest BCUT2D eigenvalue weighted by Gasteiger charge is 2.32. The Morgan fingerprint density at radius 2 is 1.93 bits per heavy atom. The second kappa shape index (κ2) is 5.93. The molecule has 5 rings (SSSR count). The number of carbonyl (C=O) groups excluding carboxylic acids is 1. The van der Waals surface area contributed by atoms with Gasteiger partial charge in [-0.25, -0.2) is 8.42 Å². The summed E-state index contributed by atoms with van der Waals surface area (Å²) in [7, 11) is -1.91. The van der Waals surface area contributed by atoms with Gasteiger partial charge in [0.25, 0.3) is 0 Å². The molecule has 0 saturated carbocycles. The molecule has 28 heavy (non-hydrogen) atoms. The fourth-order valence-electron chi connectivity index (χ4n) is 4.27. The maximum absolute atomic E-state index is 13.3. The van der Waals surface area contributed by atoms with E-state index in [1.807, 2.05) is 6.92 Å². The summed E-state index contributed by atoms with van der Waals surface area (Å²) < 4.78 is 28.1. The average Bonchev–Trinajstić information content (AvgIpc) is 3.17. The molecule has 0 saturated heterocycles. The third-order valence-corrected chi connectivity index (χ3v) is 7.70. The number of fused-ring (bicyclic) bond motifs is 4. The van der Waals surface area contributed by atoms with E-state index in [0.29, 0.717) is 19.5 Å². The summed E-state index contributed by atoms with van der Waals surface area (Å²) in [5.74, 6) is -0.0127. The third kappa shape index (κ3) is 2.50. The number of aromatic nitrogens is 1. The topological polar surface area (TPSA) is 73.5 Å². The molecule has 2 aromatic carbocycles. The Balaban J connectivity index is 1.51. The van der Waals surface area contributed by atoms with Crippen LogP contribution in [0.1, 0.15) is 22.4 Å². The summed E-state index contributed by atoms with van der Waals surface area (Å²) in [6, 6.07) is 11.2. The van der Waals surface area contributed by atoms with Gasteiger partial charge in [-0.3, -0.25) is 4.79 Å². The SMILES string of the molecule is Cc1ccc2c3c([nH]c2c1)CCN(S(=O)(=O)c1ccc2c(c1)CC(=O)N2C)C3. The number of sulfonamides is 1. The lowest BCUT2D eigenvalue weighted by molar-refractivity contribution is -0.117. The summed E-state index contributed by atoms with van der Waals surface area (Å²) in [4.78, 5) is 17.2. The number of benzene rings is 2. The first kappa shape index (κ1) is 17.5. The van der Waals surface area contributed by atoms with Crippen LogP contribution >= 0.6 is 0 Å². The van der Waals surface area contributed by atoms with E-state index >= 15 is 0 Å². The molecule has 2 aliphatic rings. The number of H-pyrrole nitrogens is 1. The summed E-state index contributed by atoms with van der Waals surface area (Å²) in [6.45, 7) is 2.85. The smallest absolute Gasteiger partial charge is 0.243 e. The quantitative estimate of drug-likeness (QED) is 0.725. The normalized spacial score (nSPS) is 17.2. The molecule has 3 aromatic rings. The van der Waals surface area contributed by atoms with Crippen molar-refractivity contribution in [3.8, 4) is 0 Å². The van der Waals surface area contributed by atoms with E-state index in [1.165, 1.54) is 5.56 Å². The molecule has 3 heterocycles. The van der Waals surface area contributed by atoms with Gasteiger partial charge in [-0.1, -0.05) is 12.1 Å². The average molecular weight is 395 g/mol. The Hall–Kier alpha value is -2.64. The van der Waals surface area contributed by atoms with Gasteiger partial charge in [0, 0.05) is 48.8 Å². The zero-order valence-corrected chi connectivity index (χ0v) is 16.6. The molecule has 1 amide bonds. The van der Waals surface area contributed by atoms with E-state index in [2.05, 4.69) is 23.2 Å². The van der Waals surface area contributed by atoms with Gasteiger partial charge in [0.2, 0.25) is 15.9 Å². The molecule has 0 bridgehead atoms. The number of anilines is 1. The molecule has 0 unspecified atom stereocenters. The first-order chi connectivity index (χ1) is 13.3. The number of carbonyl (C=O) groups is 1. The number of nitrogens with zero attached hydrogens (tertiary/aromatic N) is 2. The Bertz CT molecular complexity index is 1240. The third-order valence-electron chi connectivity index (χ3n) is 5.86. The Labute approximate surface area is 163 Å². The number of amides is 1. The maximum atomic E-state index is 13.3. The minimum Gasteiger partial charge on any atom is -0.358 e. The minimum absolute atomic E-state index is 0.0127. The zero-order valence-electron chi connectivity index (χ0n) is 15.8. The number of rotatable bonds is 2. The lowest BCUT2D eigenvalue weighted by Crippen LogP contribution is -2.35. The molecule has 0 aliphatic carbocycles. The molecule has 6 nitrogen and oxygen atoms in total. The highest BCUT2D eigenvalue weighted by molar-refractivity contribution is 7.89. The van der Waals surface area contributed by atoms with Crippen LogP contribution in [0.5, 0.6) is 0 Å². The van der Waals surface area contributed by atoms with Gasteiger partial charge in [0.1, 0.15) is 0 Å². The molecular weight excluding hydrogens is 374 g/mol. The second-order valence-electron chi connectivity index (χ2n) is 7.64. The van der Waals surface area contributed by atoms with Gasteiger partial charge in [0.15, 0.2) is 0 Å². The standard InChI is InChI=1S/C21H21N3O3S/c1-13-3-5-16-17-12-24(8-7-18(17)22-19(16)9-13)28(26,27)15-4-6-20-14(10-15)11-21(25)23(20)2/h3-6,9-10,22H,7-8,11-12H2,1-2H3. The molecule has 0 atom stereocenters. The molecule has 0 spiro atoms. The number of hydrogen-bond acceptors (Lipinski definition) is 3. The van der Waals surface area contributed by atoms with E-state index in [9.17, 15) is 13.2 Å². The van der Waals surface area contributed by atoms with E-state index < -0.39 is 10.0 Å². The number of aromatic amines is 1. The number of likely N-dealkylation sites (N-methyl/N-ethyl adjacent to an activating group) is 1. The van der Waals surface area contributed by atoms with E-state index in [0.717, 1.165) is 33.4 Å². The molecule has 7 heteroatoms. The first-order valence-corrected chi connectivity index (χ1v) is 10.8. The summed E-state index contributed by atoms with van der Waals surface area (Å²) in [6.07, 6.45) is 0.912. The Morgan fingerprint density at radius 3 is 2.75 bits per heavy atom. The van der Waals surface area contributed by atoms with E-state index in [-0.39, 0.29) is 17.2 Å². The molecule has 144 valence electrons. The van der Waals surface area contributed by atoms with Gasteiger partial charge in [-0.2, -0.15) is 4.31 Å².